The molecule has 2 N–H and O–H groups in total. The molecular weight excluding hydrogens is 288 g/mol. The second-order valence-corrected chi connectivity index (χ2v) is 5.08. The second kappa shape index (κ2) is 6.41. The summed E-state index contributed by atoms with van der Waals surface area (Å²) in [6.07, 6.45) is 0. The van der Waals surface area contributed by atoms with Gasteiger partial charge in [0, 0.05) is 0 Å². The highest BCUT2D eigenvalue weighted by molar-refractivity contribution is 6.33. The van der Waals surface area contributed by atoms with Crippen LogP contribution in [0.1, 0.15) is 28.4 Å². The number of carboxylic acid groups (broad SMARTS) is 1. The van der Waals surface area contributed by atoms with Crippen LogP contribution in [0.5, 0.6) is 0 Å². The van der Waals surface area contributed by atoms with Crippen LogP contribution in [0.25, 0.3) is 0 Å². The molecule has 2 aromatic rings. The number of hydrogen-bond donors (Lipinski definition) is 2. The highest BCUT2D eigenvalue weighted by atomic mass is 35.5. The molecule has 0 amide bonds. The van der Waals surface area contributed by atoms with Gasteiger partial charge in [-0.1, -0.05) is 41.4 Å². The lowest BCUT2D eigenvalue weighted by atomic mass is 10.1. The van der Waals surface area contributed by atoms with Crippen LogP contribution in [-0.4, -0.2) is 16.8 Å². The lowest BCUT2D eigenvalue weighted by Crippen LogP contribution is -2.02. The fourth-order valence-electron chi connectivity index (χ4n) is 1.75. The summed E-state index contributed by atoms with van der Waals surface area (Å²) in [5.41, 5.74) is 6.38. The molecule has 0 radical (unpaired) electrons. The summed E-state index contributed by atoms with van der Waals surface area (Å²) in [4.78, 5) is 10.9. The van der Waals surface area contributed by atoms with Gasteiger partial charge in [-0.3, -0.25) is 5.43 Å². The van der Waals surface area contributed by atoms with Crippen molar-refractivity contribution in [1.29, 1.82) is 0 Å². The number of rotatable bonds is 4. The van der Waals surface area contributed by atoms with Crippen LogP contribution in [0.3, 0.4) is 0 Å². The van der Waals surface area contributed by atoms with E-state index in [1.165, 1.54) is 23.8 Å². The van der Waals surface area contributed by atoms with Crippen molar-refractivity contribution in [3.63, 3.8) is 0 Å². The van der Waals surface area contributed by atoms with Crippen molar-refractivity contribution in [3.8, 4) is 0 Å². The largest absolute Gasteiger partial charge is 0.478 e. The van der Waals surface area contributed by atoms with Crippen LogP contribution in [0, 0.1) is 6.92 Å². The first kappa shape index (κ1) is 15.1. The average Bonchev–Trinajstić information content (AvgIpc) is 2.46. The van der Waals surface area contributed by atoms with Gasteiger partial charge < -0.3 is 5.11 Å². The SMILES string of the molecule is C/C(=N/Nc1cc(C(=O)O)ccc1Cl)c1ccc(C)cc1. The lowest BCUT2D eigenvalue weighted by molar-refractivity contribution is 0.0697. The number of hydrogen-bond acceptors (Lipinski definition) is 3. The molecular formula is C16H15ClN2O2. The molecule has 0 saturated carbocycles. The predicted octanol–water partition coefficient (Wildman–Crippen LogP) is 4.18. The van der Waals surface area contributed by atoms with E-state index < -0.39 is 5.97 Å². The topological polar surface area (TPSA) is 61.7 Å². The van der Waals surface area contributed by atoms with E-state index in [0.717, 1.165) is 11.3 Å². The normalized spacial score (nSPS) is 11.3. The fraction of sp³-hybridized carbons (Fsp3) is 0.125. The van der Waals surface area contributed by atoms with Crippen LogP contribution in [-0.2, 0) is 0 Å². The number of carboxylic acids is 1. The smallest absolute Gasteiger partial charge is 0.335 e. The molecule has 0 aromatic heterocycles. The number of nitrogens with one attached hydrogen (secondary N) is 1. The molecule has 5 heteroatoms. The van der Waals surface area contributed by atoms with Gasteiger partial charge in [-0.2, -0.15) is 5.10 Å². The molecule has 0 aliphatic carbocycles. The third kappa shape index (κ3) is 3.83. The molecule has 2 aromatic carbocycles. The van der Waals surface area contributed by atoms with Gasteiger partial charge in [0.25, 0.3) is 0 Å². The molecule has 0 spiro atoms. The zero-order chi connectivity index (χ0) is 15.4. The fourth-order valence-corrected chi connectivity index (χ4v) is 1.91. The molecule has 4 nitrogen and oxygen atoms in total. The molecule has 108 valence electrons. The Morgan fingerprint density at radius 2 is 1.76 bits per heavy atom. The summed E-state index contributed by atoms with van der Waals surface area (Å²) in [6, 6.07) is 12.4. The van der Waals surface area contributed by atoms with Crippen molar-refractivity contribution in [2.75, 3.05) is 5.43 Å². The van der Waals surface area contributed by atoms with Crippen molar-refractivity contribution >= 4 is 29.0 Å². The first-order chi connectivity index (χ1) is 9.97. The van der Waals surface area contributed by atoms with Crippen molar-refractivity contribution in [2.24, 2.45) is 5.10 Å². The van der Waals surface area contributed by atoms with Gasteiger partial charge in [0.05, 0.1) is 22.0 Å². The maximum absolute atomic E-state index is 10.9. The van der Waals surface area contributed by atoms with Crippen LogP contribution >= 0.6 is 11.6 Å². The minimum Gasteiger partial charge on any atom is -0.478 e. The Labute approximate surface area is 128 Å². The van der Waals surface area contributed by atoms with Gasteiger partial charge >= 0.3 is 5.97 Å². The number of benzene rings is 2. The molecule has 2 rings (SSSR count). The molecule has 0 bridgehead atoms. The molecule has 0 fully saturated rings. The van der Waals surface area contributed by atoms with Crippen molar-refractivity contribution in [1.82, 2.24) is 0 Å². The van der Waals surface area contributed by atoms with Gasteiger partial charge in [0.15, 0.2) is 0 Å². The van der Waals surface area contributed by atoms with E-state index >= 15 is 0 Å². The minimum atomic E-state index is -1.01. The first-order valence-corrected chi connectivity index (χ1v) is 6.75. The van der Waals surface area contributed by atoms with Gasteiger partial charge in [-0.15, -0.1) is 0 Å². The van der Waals surface area contributed by atoms with Crippen LogP contribution in [0.2, 0.25) is 5.02 Å². The quantitative estimate of drug-likeness (QED) is 0.658. The minimum absolute atomic E-state index is 0.157. The summed E-state index contributed by atoms with van der Waals surface area (Å²) in [5.74, 6) is -1.01. The molecule has 0 atom stereocenters. The van der Waals surface area contributed by atoms with Crippen LogP contribution < -0.4 is 5.43 Å². The van der Waals surface area contributed by atoms with E-state index in [4.69, 9.17) is 16.7 Å². The highest BCUT2D eigenvalue weighted by Crippen LogP contribution is 2.23. The molecule has 21 heavy (non-hydrogen) atoms. The molecule has 0 heterocycles. The molecule has 0 aliphatic heterocycles. The Kier molecular flexibility index (Phi) is 4.60. The van der Waals surface area contributed by atoms with E-state index in [-0.39, 0.29) is 5.56 Å². The summed E-state index contributed by atoms with van der Waals surface area (Å²) in [7, 11) is 0. The Morgan fingerprint density at radius 3 is 2.38 bits per heavy atom. The second-order valence-electron chi connectivity index (χ2n) is 4.67. The maximum Gasteiger partial charge on any atom is 0.335 e. The van der Waals surface area contributed by atoms with E-state index in [1.807, 2.05) is 38.1 Å². The standard InChI is InChI=1S/C16H15ClN2O2/c1-10-3-5-12(6-4-10)11(2)18-19-15-9-13(16(20)21)7-8-14(15)17/h3-9,19H,1-2H3,(H,20,21)/b18-11-. The number of anilines is 1. The third-order valence-corrected chi connectivity index (χ3v) is 3.36. The number of halogens is 1. The number of aromatic carboxylic acids is 1. The summed E-state index contributed by atoms with van der Waals surface area (Å²) < 4.78 is 0. The Hall–Kier alpha value is -2.33. The number of nitrogens with zero attached hydrogens (tertiary/aromatic N) is 1. The Morgan fingerprint density at radius 1 is 1.14 bits per heavy atom. The Balaban J connectivity index is 2.21. The molecule has 0 saturated heterocycles. The van der Waals surface area contributed by atoms with E-state index in [9.17, 15) is 4.79 Å². The van der Waals surface area contributed by atoms with E-state index in [0.29, 0.717) is 10.7 Å². The van der Waals surface area contributed by atoms with Gasteiger partial charge in [-0.05, 0) is 37.6 Å². The van der Waals surface area contributed by atoms with E-state index in [2.05, 4.69) is 10.5 Å². The van der Waals surface area contributed by atoms with Crippen molar-refractivity contribution in [3.05, 3.63) is 64.2 Å². The monoisotopic (exact) mass is 302 g/mol. The summed E-state index contributed by atoms with van der Waals surface area (Å²) in [6.45, 7) is 3.89. The van der Waals surface area contributed by atoms with Gasteiger partial charge in [-0.25, -0.2) is 4.79 Å². The molecule has 0 unspecified atom stereocenters. The van der Waals surface area contributed by atoms with Gasteiger partial charge in [0.2, 0.25) is 0 Å². The maximum atomic E-state index is 10.9. The lowest BCUT2D eigenvalue weighted by Gasteiger charge is -2.07. The summed E-state index contributed by atoms with van der Waals surface area (Å²) in [5, 5.41) is 13.6. The average molecular weight is 303 g/mol. The summed E-state index contributed by atoms with van der Waals surface area (Å²) >= 11 is 6.03. The van der Waals surface area contributed by atoms with Crippen LogP contribution in [0.4, 0.5) is 5.69 Å². The number of aryl methyl sites for hydroxylation is 1. The predicted molar refractivity (Wildman–Crippen MR) is 85.4 cm³/mol. The van der Waals surface area contributed by atoms with Crippen LogP contribution in [0.15, 0.2) is 47.6 Å². The zero-order valence-corrected chi connectivity index (χ0v) is 12.5. The van der Waals surface area contributed by atoms with Crippen molar-refractivity contribution in [2.45, 2.75) is 13.8 Å². The van der Waals surface area contributed by atoms with E-state index in [1.54, 1.807) is 0 Å². The number of carbonyl (C=O) groups is 1. The first-order valence-electron chi connectivity index (χ1n) is 6.37. The highest BCUT2D eigenvalue weighted by Gasteiger charge is 2.07. The zero-order valence-electron chi connectivity index (χ0n) is 11.7. The van der Waals surface area contributed by atoms with Crippen molar-refractivity contribution < 1.29 is 9.90 Å². The third-order valence-electron chi connectivity index (χ3n) is 3.03. The molecule has 0 aliphatic rings. The number of hydrazone groups is 1. The Bertz CT molecular complexity index is 694. The van der Waals surface area contributed by atoms with Gasteiger partial charge in [0.1, 0.15) is 0 Å².